The number of hydrogen-bond acceptors (Lipinski definition) is 6. The van der Waals surface area contributed by atoms with Crippen molar-refractivity contribution in [1.29, 1.82) is 0 Å². The Labute approximate surface area is 247 Å². The van der Waals surface area contributed by atoms with Gasteiger partial charge < -0.3 is 35.6 Å². The standard InChI is InChI=1S/C32H41N7O3/c1-37-19-14-26(15-20-37)38(2)30(40)23-6-10-25(11-7-23)35-31(33)36-29-28(5-4-18-34-29)39-21-16-32(41,17-22-39)24-8-12-27(42-3)13-9-24/h4-13,18,26,41H,14-17,19-22H2,1-3H3,(H3,33,34,35,36)/p+1. The van der Waals surface area contributed by atoms with Gasteiger partial charge in [0.05, 0.1) is 18.9 Å². The minimum absolute atomic E-state index is 0.0293. The smallest absolute Gasteiger partial charge is 0.348 e. The Morgan fingerprint density at radius 3 is 2.38 bits per heavy atom. The van der Waals surface area contributed by atoms with Crippen LogP contribution in [-0.2, 0) is 5.60 Å². The maximum Gasteiger partial charge on any atom is 0.348 e. The molecule has 3 aromatic rings. The average Bonchev–Trinajstić information content (AvgIpc) is 3.02. The highest BCUT2D eigenvalue weighted by Crippen LogP contribution is 2.36. The van der Waals surface area contributed by atoms with E-state index in [9.17, 15) is 9.90 Å². The third-order valence-electron chi connectivity index (χ3n) is 8.56. The second-order valence-electron chi connectivity index (χ2n) is 11.3. The van der Waals surface area contributed by atoms with Crippen LogP contribution in [0.25, 0.3) is 0 Å². The van der Waals surface area contributed by atoms with Gasteiger partial charge in [-0.05, 0) is 105 Å². The van der Waals surface area contributed by atoms with Gasteiger partial charge in [-0.25, -0.2) is 4.98 Å². The first-order valence-corrected chi connectivity index (χ1v) is 14.6. The maximum absolute atomic E-state index is 13.0. The Kier molecular flexibility index (Phi) is 8.94. The monoisotopic (exact) mass is 572 g/mol. The molecule has 2 aliphatic rings. The summed E-state index contributed by atoms with van der Waals surface area (Å²) < 4.78 is 5.26. The molecule has 10 heteroatoms. The number of carbonyl (C=O) groups is 1. The van der Waals surface area contributed by atoms with E-state index in [4.69, 9.17) is 10.5 Å². The predicted octanol–water partition coefficient (Wildman–Crippen LogP) is 3.22. The molecule has 2 saturated heterocycles. The zero-order valence-corrected chi connectivity index (χ0v) is 24.7. The highest BCUT2D eigenvalue weighted by molar-refractivity contribution is 5.97. The van der Waals surface area contributed by atoms with Gasteiger partial charge in [0, 0.05) is 37.4 Å². The van der Waals surface area contributed by atoms with E-state index in [0.717, 1.165) is 48.6 Å². The number of pyridine rings is 1. The molecular weight excluding hydrogens is 530 g/mol. The molecule has 2 fully saturated rings. The Morgan fingerprint density at radius 1 is 1.07 bits per heavy atom. The number of aromatic amines is 1. The quantitative estimate of drug-likeness (QED) is 0.294. The lowest BCUT2D eigenvalue weighted by molar-refractivity contribution is -0.362. The number of likely N-dealkylation sites (tertiary alicyclic amines) is 1. The number of ether oxygens (including phenoxy) is 1. The van der Waals surface area contributed by atoms with Gasteiger partial charge in [0.2, 0.25) is 0 Å². The van der Waals surface area contributed by atoms with Crippen molar-refractivity contribution in [2.75, 3.05) is 57.6 Å². The van der Waals surface area contributed by atoms with Crippen molar-refractivity contribution in [3.05, 3.63) is 78.0 Å². The Hall–Kier alpha value is -4.15. The van der Waals surface area contributed by atoms with E-state index in [2.05, 4.69) is 32.1 Å². The van der Waals surface area contributed by atoms with Crippen LogP contribution >= 0.6 is 0 Å². The topological polar surface area (TPSA) is 121 Å². The van der Waals surface area contributed by atoms with Crippen molar-refractivity contribution in [2.24, 2.45) is 10.7 Å². The van der Waals surface area contributed by atoms with E-state index in [1.54, 1.807) is 7.11 Å². The van der Waals surface area contributed by atoms with E-state index in [1.165, 1.54) is 0 Å². The molecule has 1 amide bonds. The number of H-pyrrole nitrogens is 1. The first-order valence-electron chi connectivity index (χ1n) is 14.6. The van der Waals surface area contributed by atoms with Crippen molar-refractivity contribution in [2.45, 2.75) is 37.3 Å². The molecule has 5 N–H and O–H groups in total. The molecule has 0 saturated carbocycles. The molecule has 10 nitrogen and oxygen atoms in total. The molecule has 0 unspecified atom stereocenters. The van der Waals surface area contributed by atoms with E-state index in [-0.39, 0.29) is 17.9 Å². The summed E-state index contributed by atoms with van der Waals surface area (Å²) in [5, 5.41) is 14.5. The van der Waals surface area contributed by atoms with Crippen LogP contribution in [-0.4, -0.2) is 80.2 Å². The molecule has 0 spiro atoms. The highest BCUT2D eigenvalue weighted by atomic mass is 16.5. The summed E-state index contributed by atoms with van der Waals surface area (Å²) in [7, 11) is 5.65. The molecular formula is C32H42N7O3+. The number of aromatic nitrogens is 1. The lowest BCUT2D eigenvalue weighted by Gasteiger charge is -2.39. The Bertz CT molecular complexity index is 1380. The minimum Gasteiger partial charge on any atom is -0.497 e. The van der Waals surface area contributed by atoms with E-state index < -0.39 is 5.60 Å². The van der Waals surface area contributed by atoms with E-state index in [0.29, 0.717) is 37.3 Å². The number of aliphatic hydroxyl groups is 1. The van der Waals surface area contributed by atoms with Gasteiger partial charge in [0.1, 0.15) is 11.4 Å². The van der Waals surface area contributed by atoms with Crippen molar-refractivity contribution >= 4 is 29.1 Å². The first kappa shape index (κ1) is 29.3. The van der Waals surface area contributed by atoms with E-state index >= 15 is 0 Å². The van der Waals surface area contributed by atoms with Gasteiger partial charge >= 0.3 is 11.8 Å². The fourth-order valence-electron chi connectivity index (χ4n) is 5.82. The normalized spacial score (nSPS) is 18.0. The molecule has 2 aromatic carbocycles. The van der Waals surface area contributed by atoms with Crippen LogP contribution < -0.4 is 25.7 Å². The number of guanidine groups is 1. The van der Waals surface area contributed by atoms with Gasteiger partial charge in [0.15, 0.2) is 0 Å². The van der Waals surface area contributed by atoms with Crippen LogP contribution in [0.2, 0.25) is 0 Å². The van der Waals surface area contributed by atoms with Crippen molar-refractivity contribution < 1.29 is 19.6 Å². The highest BCUT2D eigenvalue weighted by Gasteiger charge is 2.35. The number of anilines is 2. The number of piperidine rings is 2. The predicted molar refractivity (Wildman–Crippen MR) is 165 cm³/mol. The molecule has 0 atom stereocenters. The Morgan fingerprint density at radius 2 is 1.74 bits per heavy atom. The second kappa shape index (κ2) is 12.8. The Balaban J connectivity index is 1.21. The largest absolute Gasteiger partial charge is 0.497 e. The maximum atomic E-state index is 13.0. The summed E-state index contributed by atoms with van der Waals surface area (Å²) >= 11 is 0. The van der Waals surface area contributed by atoms with Gasteiger partial charge in [-0.15, -0.1) is 0 Å². The van der Waals surface area contributed by atoms with Crippen LogP contribution in [0.3, 0.4) is 0 Å². The number of rotatable bonds is 7. The van der Waals surface area contributed by atoms with Crippen LogP contribution in [0, 0.1) is 0 Å². The average molecular weight is 573 g/mol. The fraction of sp³-hybridized carbons (Fsp3) is 0.406. The summed E-state index contributed by atoms with van der Waals surface area (Å²) in [5.74, 6) is 1.66. The zero-order chi connectivity index (χ0) is 29.7. The first-order chi connectivity index (χ1) is 20.3. The number of aliphatic imine (C=N–C) groups is 1. The van der Waals surface area contributed by atoms with Crippen LogP contribution in [0.1, 0.15) is 41.6 Å². The zero-order valence-electron chi connectivity index (χ0n) is 24.7. The molecule has 0 bridgehead atoms. The fourth-order valence-corrected chi connectivity index (χ4v) is 5.82. The summed E-state index contributed by atoms with van der Waals surface area (Å²) in [6.45, 7) is 3.34. The number of carbonyl (C=O) groups excluding carboxylic acids is 1. The third-order valence-corrected chi connectivity index (χ3v) is 8.56. The lowest BCUT2D eigenvalue weighted by atomic mass is 9.84. The summed E-state index contributed by atoms with van der Waals surface area (Å²) in [6.07, 6.45) is 4.97. The number of amides is 1. The van der Waals surface area contributed by atoms with Gasteiger partial charge in [-0.2, -0.15) is 0 Å². The number of nitrogens with zero attached hydrogens (tertiary/aromatic N) is 4. The molecule has 0 aliphatic carbocycles. The van der Waals surface area contributed by atoms with Gasteiger partial charge in [-0.3, -0.25) is 4.79 Å². The number of hydrogen-bond donors (Lipinski definition) is 3. The molecule has 42 heavy (non-hydrogen) atoms. The molecule has 3 heterocycles. The van der Waals surface area contributed by atoms with Crippen LogP contribution in [0.15, 0.2) is 71.9 Å². The van der Waals surface area contributed by atoms with Crippen LogP contribution in [0.4, 0.5) is 17.2 Å². The number of nitrogens with two attached hydrogens (primary N) is 1. The van der Waals surface area contributed by atoms with Crippen molar-refractivity contribution in [3.63, 3.8) is 0 Å². The lowest BCUT2D eigenvalue weighted by Crippen LogP contribution is -2.44. The number of methoxy groups -OCH3 is 1. The molecule has 222 valence electrons. The van der Waals surface area contributed by atoms with Crippen molar-refractivity contribution in [3.8, 4) is 5.75 Å². The summed E-state index contributed by atoms with van der Waals surface area (Å²) in [6, 6.07) is 19.2. The molecule has 5 rings (SSSR count). The number of benzene rings is 2. The SMILES string of the molecule is COc1ccc(C2(O)CCN(c3ccc[nH+]c3/N=C(\N)Nc3ccc(C(=O)N(C)C4CCN(C)CC4)cc3)CC2)cc1. The molecule has 0 radical (unpaired) electrons. The number of nitrogens with one attached hydrogen (secondary N) is 2. The third kappa shape index (κ3) is 6.66. The molecule has 1 aromatic heterocycles. The van der Waals surface area contributed by atoms with Gasteiger partial charge in [0.25, 0.3) is 5.91 Å². The van der Waals surface area contributed by atoms with Crippen LogP contribution in [0.5, 0.6) is 5.75 Å². The van der Waals surface area contributed by atoms with Gasteiger partial charge in [-0.1, -0.05) is 12.1 Å². The minimum atomic E-state index is -0.888. The molecule has 2 aliphatic heterocycles. The second-order valence-corrected chi connectivity index (χ2v) is 11.3. The van der Waals surface area contributed by atoms with Crippen molar-refractivity contribution in [1.82, 2.24) is 9.80 Å². The summed E-state index contributed by atoms with van der Waals surface area (Å²) in [5.41, 5.74) is 8.62. The van der Waals surface area contributed by atoms with E-state index in [1.807, 2.05) is 78.8 Å². The summed E-state index contributed by atoms with van der Waals surface area (Å²) in [4.78, 5) is 27.3.